The molecule has 0 saturated carbocycles. The van der Waals surface area contributed by atoms with Gasteiger partial charge in [0.2, 0.25) is 23.6 Å². The van der Waals surface area contributed by atoms with E-state index >= 15 is 0 Å². The number of rotatable bonds is 7. The lowest BCUT2D eigenvalue weighted by molar-refractivity contribution is -0.192. The third-order valence-corrected chi connectivity index (χ3v) is 8.02. The van der Waals surface area contributed by atoms with Crippen LogP contribution in [-0.4, -0.2) is 87.6 Å². The number of carboxylic acids is 1. The molecule has 4 amide bonds. The molecule has 2 aliphatic heterocycles. The number of halogens is 3. The number of amides is 4. The quantitative estimate of drug-likeness (QED) is 0.216. The van der Waals surface area contributed by atoms with Crippen molar-refractivity contribution in [2.45, 2.75) is 62.1 Å². The third kappa shape index (κ3) is 10.3. The van der Waals surface area contributed by atoms with Crippen LogP contribution in [0.5, 0.6) is 5.75 Å². The first-order valence-electron chi connectivity index (χ1n) is 15.3. The molecule has 0 spiro atoms. The first kappa shape index (κ1) is 36.4. The molecule has 49 heavy (non-hydrogen) atoms. The van der Waals surface area contributed by atoms with Crippen LogP contribution in [0.4, 0.5) is 13.2 Å². The Morgan fingerprint density at radius 3 is 1.73 bits per heavy atom. The highest BCUT2D eigenvalue weighted by Crippen LogP contribution is 2.22. The topological polar surface area (TPSA) is 191 Å². The van der Waals surface area contributed by atoms with Crippen LogP contribution in [-0.2, 0) is 43.2 Å². The van der Waals surface area contributed by atoms with E-state index in [-0.39, 0.29) is 43.9 Å². The maximum atomic E-state index is 13.7. The van der Waals surface area contributed by atoms with Gasteiger partial charge in [-0.2, -0.15) is 13.2 Å². The summed E-state index contributed by atoms with van der Waals surface area (Å²) in [5, 5.41) is 25.4. The lowest BCUT2D eigenvalue weighted by atomic mass is 10.0. The molecular formula is C34H36F3N5O7. The molecular weight excluding hydrogens is 647 g/mol. The number of phenols is 1. The van der Waals surface area contributed by atoms with Crippen molar-refractivity contribution in [3.63, 3.8) is 0 Å². The van der Waals surface area contributed by atoms with Crippen molar-refractivity contribution < 1.29 is 47.4 Å². The summed E-state index contributed by atoms with van der Waals surface area (Å²) in [6, 6.07) is 20.9. The first-order chi connectivity index (χ1) is 23.2. The second-order valence-corrected chi connectivity index (χ2v) is 11.7. The number of alkyl halides is 3. The number of nitrogens with two attached hydrogens (primary N) is 1. The number of aromatic hydroxyl groups is 1. The number of hydrogen-bond acceptors (Lipinski definition) is 7. The van der Waals surface area contributed by atoms with E-state index in [0.29, 0.717) is 0 Å². The predicted octanol–water partition coefficient (Wildman–Crippen LogP) is 1.45. The Labute approximate surface area is 279 Å². The van der Waals surface area contributed by atoms with Crippen LogP contribution in [0, 0.1) is 0 Å². The number of fused-ring (bicyclic) bond motifs is 2. The minimum Gasteiger partial charge on any atom is -0.508 e. The molecule has 7 N–H and O–H groups in total. The van der Waals surface area contributed by atoms with Gasteiger partial charge in [0.25, 0.3) is 0 Å². The van der Waals surface area contributed by atoms with Crippen LogP contribution in [0.2, 0.25) is 0 Å². The SMILES string of the molecule is N[C@@H](Cc1ccc(O)cc1)C(=O)N1C[C@H]2C[C@@H]1C(=O)N[C@@H](Cc1ccccc1)C(=O)N[C@H](Cc1ccccc1)C(=O)N2.O=C(O)C(F)(F)F. The van der Waals surface area contributed by atoms with Gasteiger partial charge in [-0.05, 0) is 41.7 Å². The Hall–Kier alpha value is -5.44. The van der Waals surface area contributed by atoms with Gasteiger partial charge >= 0.3 is 12.1 Å². The summed E-state index contributed by atoms with van der Waals surface area (Å²) in [4.78, 5) is 64.7. The summed E-state index contributed by atoms with van der Waals surface area (Å²) in [5.41, 5.74) is 8.78. The summed E-state index contributed by atoms with van der Waals surface area (Å²) < 4.78 is 31.7. The number of likely N-dealkylation sites (tertiary alicyclic amines) is 1. The van der Waals surface area contributed by atoms with Crippen LogP contribution in [0.3, 0.4) is 0 Å². The Bertz CT molecular complexity index is 1620. The summed E-state index contributed by atoms with van der Waals surface area (Å²) in [7, 11) is 0. The van der Waals surface area contributed by atoms with Gasteiger partial charge in [-0.3, -0.25) is 19.2 Å². The molecule has 3 aromatic carbocycles. The standard InChI is InChI=1S/C32H35N5O5.C2HF3O2/c33-25(15-22-11-13-24(38)14-12-22)32(42)37-19-23-18-28(37)31(41)36-27(17-21-9-5-2-6-10-21)30(40)35-26(29(39)34-23)16-20-7-3-1-4-8-20;3-2(4,5)1(6)7/h1-14,23,25-28,38H,15-19,33H2,(H,34,39)(H,35,40)(H,36,41);(H,6,7)/t23-,25+,26-,27+,28-;/m1./s1. The van der Waals surface area contributed by atoms with Gasteiger partial charge in [0.05, 0.1) is 6.04 Å². The van der Waals surface area contributed by atoms with Gasteiger partial charge in [0.15, 0.2) is 0 Å². The molecule has 12 nitrogen and oxygen atoms in total. The minimum atomic E-state index is -5.08. The Morgan fingerprint density at radius 1 is 0.776 bits per heavy atom. The number of carbonyl (C=O) groups excluding carboxylic acids is 4. The molecule has 260 valence electrons. The summed E-state index contributed by atoms with van der Waals surface area (Å²) in [6.45, 7) is 0.112. The number of benzene rings is 3. The highest BCUT2D eigenvalue weighted by molar-refractivity contribution is 5.96. The smallest absolute Gasteiger partial charge is 0.490 e. The van der Waals surface area contributed by atoms with Crippen molar-refractivity contribution in [1.29, 1.82) is 0 Å². The van der Waals surface area contributed by atoms with E-state index in [2.05, 4.69) is 16.0 Å². The van der Waals surface area contributed by atoms with E-state index in [4.69, 9.17) is 15.6 Å². The highest BCUT2D eigenvalue weighted by Gasteiger charge is 2.44. The summed E-state index contributed by atoms with van der Waals surface area (Å²) in [5.74, 6) is -4.42. The van der Waals surface area contributed by atoms with E-state index in [0.717, 1.165) is 16.7 Å². The predicted molar refractivity (Wildman–Crippen MR) is 170 cm³/mol. The zero-order valence-electron chi connectivity index (χ0n) is 26.1. The second-order valence-electron chi connectivity index (χ2n) is 11.7. The molecule has 2 saturated heterocycles. The van der Waals surface area contributed by atoms with E-state index in [1.165, 1.54) is 17.0 Å². The van der Waals surface area contributed by atoms with E-state index in [1.807, 2.05) is 60.7 Å². The molecule has 0 aliphatic carbocycles. The molecule has 3 aromatic rings. The summed E-state index contributed by atoms with van der Waals surface area (Å²) in [6.07, 6.45) is -4.21. The molecule has 5 rings (SSSR count). The van der Waals surface area contributed by atoms with Crippen molar-refractivity contribution in [2.24, 2.45) is 5.73 Å². The van der Waals surface area contributed by atoms with Crippen molar-refractivity contribution in [3.05, 3.63) is 102 Å². The minimum absolute atomic E-state index is 0.106. The van der Waals surface area contributed by atoms with Crippen LogP contribution >= 0.6 is 0 Å². The van der Waals surface area contributed by atoms with Crippen molar-refractivity contribution in [2.75, 3.05) is 6.54 Å². The number of nitrogens with one attached hydrogen (secondary N) is 3. The van der Waals surface area contributed by atoms with Crippen LogP contribution in [0.25, 0.3) is 0 Å². The molecule has 0 radical (unpaired) electrons. The van der Waals surface area contributed by atoms with Crippen LogP contribution < -0.4 is 21.7 Å². The Morgan fingerprint density at radius 2 is 1.24 bits per heavy atom. The van der Waals surface area contributed by atoms with Crippen molar-refractivity contribution in [1.82, 2.24) is 20.9 Å². The Balaban J connectivity index is 0.000000698. The van der Waals surface area contributed by atoms with Crippen molar-refractivity contribution in [3.8, 4) is 5.75 Å². The molecule has 2 fully saturated rings. The van der Waals surface area contributed by atoms with Gasteiger partial charge in [0, 0.05) is 25.4 Å². The molecule has 5 atom stereocenters. The number of carboxylic acid groups (broad SMARTS) is 1. The number of carbonyl (C=O) groups is 5. The zero-order chi connectivity index (χ0) is 35.7. The maximum Gasteiger partial charge on any atom is 0.490 e. The fourth-order valence-electron chi connectivity index (χ4n) is 5.58. The molecule has 0 unspecified atom stereocenters. The maximum absolute atomic E-state index is 13.7. The van der Waals surface area contributed by atoms with Crippen LogP contribution in [0.1, 0.15) is 23.1 Å². The lowest BCUT2D eigenvalue weighted by Gasteiger charge is -2.29. The van der Waals surface area contributed by atoms with Gasteiger partial charge in [-0.15, -0.1) is 0 Å². The van der Waals surface area contributed by atoms with E-state index < -0.39 is 60.1 Å². The molecule has 15 heteroatoms. The first-order valence-corrected chi connectivity index (χ1v) is 15.3. The normalized spacial score (nSPS) is 21.6. The number of nitrogens with zero attached hydrogens (tertiary/aromatic N) is 1. The van der Waals surface area contributed by atoms with Gasteiger partial charge in [0.1, 0.15) is 23.9 Å². The van der Waals surface area contributed by atoms with Crippen molar-refractivity contribution >= 4 is 29.6 Å². The molecule has 2 aliphatic rings. The molecule has 0 aromatic heterocycles. The second kappa shape index (κ2) is 16.1. The highest BCUT2D eigenvalue weighted by atomic mass is 19.4. The van der Waals surface area contributed by atoms with E-state index in [9.17, 15) is 37.5 Å². The van der Waals surface area contributed by atoms with Gasteiger partial charge < -0.3 is 36.8 Å². The number of aliphatic carboxylic acids is 1. The average Bonchev–Trinajstić information content (AvgIpc) is 3.48. The Kier molecular flexibility index (Phi) is 12.0. The molecule has 2 bridgehead atoms. The van der Waals surface area contributed by atoms with Crippen LogP contribution in [0.15, 0.2) is 84.9 Å². The third-order valence-electron chi connectivity index (χ3n) is 8.02. The summed E-state index contributed by atoms with van der Waals surface area (Å²) >= 11 is 0. The largest absolute Gasteiger partial charge is 0.508 e. The van der Waals surface area contributed by atoms with E-state index in [1.54, 1.807) is 12.1 Å². The molecule has 2 heterocycles. The lowest BCUT2D eigenvalue weighted by Crippen LogP contribution is -2.59. The number of phenolic OH excluding ortho intramolecular Hbond substituents is 1. The van der Waals surface area contributed by atoms with Gasteiger partial charge in [-0.1, -0.05) is 72.8 Å². The zero-order valence-corrected chi connectivity index (χ0v) is 26.1. The number of hydrogen-bond donors (Lipinski definition) is 6. The monoisotopic (exact) mass is 683 g/mol. The fourth-order valence-corrected chi connectivity index (χ4v) is 5.58. The fraction of sp³-hybridized carbons (Fsp3) is 0.324. The average molecular weight is 684 g/mol. The van der Waals surface area contributed by atoms with Gasteiger partial charge in [-0.25, -0.2) is 4.79 Å².